The molecule has 2 rings (SSSR count). The fourth-order valence-electron chi connectivity index (χ4n) is 2.53. The van der Waals surface area contributed by atoms with Crippen LogP contribution in [0, 0.1) is 18.3 Å². The third kappa shape index (κ3) is 6.15. The molecule has 140 valence electrons. The van der Waals surface area contributed by atoms with Crippen LogP contribution in [-0.4, -0.2) is 36.4 Å². The first kappa shape index (κ1) is 20.0. The molecule has 0 heterocycles. The number of nitrogens with zero attached hydrogens (tertiary/aromatic N) is 2. The van der Waals surface area contributed by atoms with Crippen LogP contribution in [0.25, 0.3) is 0 Å². The van der Waals surface area contributed by atoms with Gasteiger partial charge in [-0.25, -0.2) is 0 Å². The number of carbonyl (C=O) groups is 2. The zero-order valence-corrected chi connectivity index (χ0v) is 15.6. The van der Waals surface area contributed by atoms with Gasteiger partial charge >= 0.3 is 0 Å². The maximum absolute atomic E-state index is 12.5. The highest BCUT2D eigenvalue weighted by molar-refractivity contribution is 5.95. The second-order valence-corrected chi connectivity index (χ2v) is 6.11. The molecule has 0 radical (unpaired) electrons. The number of carbonyl (C=O) groups excluding carboxylic acids is 2. The van der Waals surface area contributed by atoms with Crippen LogP contribution in [-0.2, 0) is 9.59 Å². The van der Waals surface area contributed by atoms with E-state index in [4.69, 9.17) is 10.00 Å². The monoisotopic (exact) mass is 365 g/mol. The summed E-state index contributed by atoms with van der Waals surface area (Å²) in [5, 5.41) is 11.7. The number of nitrogens with one attached hydrogen (secondary N) is 1. The highest BCUT2D eigenvalue weighted by Gasteiger charge is 2.17. The SMILES string of the molecule is CCCN(CC(=O)Nc1ccccc1C)C(=O)COc1cccc(C#N)c1. The van der Waals surface area contributed by atoms with E-state index >= 15 is 0 Å². The van der Waals surface area contributed by atoms with Gasteiger partial charge in [0.1, 0.15) is 5.75 Å². The van der Waals surface area contributed by atoms with Crippen LogP contribution in [0.1, 0.15) is 24.5 Å². The van der Waals surface area contributed by atoms with Crippen LogP contribution in [0.5, 0.6) is 5.75 Å². The van der Waals surface area contributed by atoms with Gasteiger partial charge in [0, 0.05) is 12.2 Å². The minimum atomic E-state index is -0.279. The van der Waals surface area contributed by atoms with Gasteiger partial charge in [-0.3, -0.25) is 9.59 Å². The van der Waals surface area contributed by atoms with Crippen LogP contribution in [0.2, 0.25) is 0 Å². The molecule has 2 aromatic carbocycles. The van der Waals surface area contributed by atoms with Crippen LogP contribution in [0.4, 0.5) is 5.69 Å². The predicted molar refractivity (Wildman–Crippen MR) is 103 cm³/mol. The highest BCUT2D eigenvalue weighted by atomic mass is 16.5. The molecule has 0 spiro atoms. The Labute approximate surface area is 159 Å². The van der Waals surface area contributed by atoms with Gasteiger partial charge in [-0.15, -0.1) is 0 Å². The van der Waals surface area contributed by atoms with E-state index in [0.717, 1.165) is 17.7 Å². The van der Waals surface area contributed by atoms with Crippen LogP contribution < -0.4 is 10.1 Å². The minimum Gasteiger partial charge on any atom is -0.484 e. The Kier molecular flexibility index (Phi) is 7.38. The fourth-order valence-corrected chi connectivity index (χ4v) is 2.53. The second kappa shape index (κ2) is 9.97. The van der Waals surface area contributed by atoms with Crippen LogP contribution in [0.3, 0.4) is 0 Å². The molecule has 0 fully saturated rings. The molecule has 0 saturated heterocycles. The summed E-state index contributed by atoms with van der Waals surface area (Å²) in [6.07, 6.45) is 0.729. The van der Waals surface area contributed by atoms with E-state index in [9.17, 15) is 9.59 Å². The summed E-state index contributed by atoms with van der Waals surface area (Å²) < 4.78 is 5.48. The first-order chi connectivity index (χ1) is 13.0. The molecular formula is C21H23N3O3. The quantitative estimate of drug-likeness (QED) is 0.779. The molecule has 2 amide bonds. The summed E-state index contributed by atoms with van der Waals surface area (Å²) in [6, 6.07) is 16.1. The number of anilines is 1. The molecule has 0 atom stereocenters. The number of ether oxygens (including phenoxy) is 1. The first-order valence-electron chi connectivity index (χ1n) is 8.79. The Hall–Kier alpha value is -3.33. The summed E-state index contributed by atoms with van der Waals surface area (Å²) in [5.41, 5.74) is 2.15. The third-order valence-electron chi connectivity index (χ3n) is 3.93. The molecule has 0 bridgehead atoms. The van der Waals surface area contributed by atoms with E-state index in [-0.39, 0.29) is 25.0 Å². The van der Waals surface area contributed by atoms with E-state index in [1.54, 1.807) is 24.3 Å². The standard InChI is InChI=1S/C21H23N3O3/c1-3-11-24(14-20(25)23-19-10-5-4-7-16(19)2)21(26)15-27-18-9-6-8-17(12-18)13-22/h4-10,12H,3,11,14-15H2,1-2H3,(H,23,25). The topological polar surface area (TPSA) is 82.4 Å². The molecule has 2 aromatic rings. The molecule has 1 N–H and O–H groups in total. The van der Waals surface area contributed by atoms with Gasteiger partial charge in [0.15, 0.2) is 6.61 Å². The molecule has 0 unspecified atom stereocenters. The Morgan fingerprint density at radius 2 is 1.96 bits per heavy atom. The van der Waals surface area contributed by atoms with Gasteiger partial charge in [-0.2, -0.15) is 5.26 Å². The van der Waals surface area contributed by atoms with Crippen molar-refractivity contribution < 1.29 is 14.3 Å². The Morgan fingerprint density at radius 1 is 1.19 bits per heavy atom. The van der Waals surface area contributed by atoms with Crippen molar-refractivity contribution in [1.29, 1.82) is 5.26 Å². The number of nitriles is 1. The fraction of sp³-hybridized carbons (Fsp3) is 0.286. The number of para-hydroxylation sites is 1. The van der Waals surface area contributed by atoms with Gasteiger partial charge in [0.05, 0.1) is 18.2 Å². The lowest BCUT2D eigenvalue weighted by molar-refractivity contribution is -0.136. The van der Waals surface area contributed by atoms with Crippen molar-refractivity contribution in [3.05, 3.63) is 59.7 Å². The molecule has 0 aliphatic rings. The molecule has 27 heavy (non-hydrogen) atoms. The number of benzene rings is 2. The summed E-state index contributed by atoms with van der Waals surface area (Å²) in [4.78, 5) is 26.3. The van der Waals surface area contributed by atoms with Crippen molar-refractivity contribution >= 4 is 17.5 Å². The van der Waals surface area contributed by atoms with Gasteiger partial charge in [-0.05, 0) is 43.2 Å². The lowest BCUT2D eigenvalue weighted by Gasteiger charge is -2.22. The first-order valence-corrected chi connectivity index (χ1v) is 8.79. The largest absolute Gasteiger partial charge is 0.484 e. The average Bonchev–Trinajstić information content (AvgIpc) is 2.67. The molecule has 6 nitrogen and oxygen atoms in total. The number of hydrogen-bond acceptors (Lipinski definition) is 4. The number of amides is 2. The zero-order chi connectivity index (χ0) is 19.6. The molecular weight excluding hydrogens is 342 g/mol. The Morgan fingerprint density at radius 3 is 2.67 bits per heavy atom. The van der Waals surface area contributed by atoms with E-state index < -0.39 is 0 Å². The van der Waals surface area contributed by atoms with Crippen molar-refractivity contribution in [3.63, 3.8) is 0 Å². The third-order valence-corrected chi connectivity index (χ3v) is 3.93. The normalized spacial score (nSPS) is 9.96. The maximum Gasteiger partial charge on any atom is 0.260 e. The molecule has 0 aliphatic carbocycles. The van der Waals surface area contributed by atoms with Crippen molar-refractivity contribution in [2.75, 3.05) is 25.0 Å². The van der Waals surface area contributed by atoms with Crippen molar-refractivity contribution in [2.24, 2.45) is 0 Å². The second-order valence-electron chi connectivity index (χ2n) is 6.11. The van der Waals surface area contributed by atoms with Gasteiger partial charge in [0.25, 0.3) is 5.91 Å². The summed E-state index contributed by atoms with van der Waals surface area (Å²) in [6.45, 7) is 4.08. The maximum atomic E-state index is 12.5. The minimum absolute atomic E-state index is 0.0391. The number of hydrogen-bond donors (Lipinski definition) is 1. The molecule has 0 aromatic heterocycles. The van der Waals surface area contributed by atoms with E-state index in [0.29, 0.717) is 17.9 Å². The van der Waals surface area contributed by atoms with Crippen molar-refractivity contribution in [2.45, 2.75) is 20.3 Å². The summed E-state index contributed by atoms with van der Waals surface area (Å²) in [5.74, 6) is -0.0834. The molecule has 0 aliphatic heterocycles. The van der Waals surface area contributed by atoms with Gasteiger partial charge in [-0.1, -0.05) is 31.2 Å². The smallest absolute Gasteiger partial charge is 0.260 e. The zero-order valence-electron chi connectivity index (χ0n) is 15.6. The van der Waals surface area contributed by atoms with Crippen LogP contribution >= 0.6 is 0 Å². The predicted octanol–water partition coefficient (Wildman–Crippen LogP) is 3.12. The van der Waals surface area contributed by atoms with Crippen LogP contribution in [0.15, 0.2) is 48.5 Å². The Balaban J connectivity index is 1.94. The van der Waals surface area contributed by atoms with Crippen molar-refractivity contribution in [1.82, 2.24) is 4.90 Å². The Bertz CT molecular complexity index is 843. The molecule has 0 saturated carbocycles. The van der Waals surface area contributed by atoms with E-state index in [1.165, 1.54) is 4.90 Å². The highest BCUT2D eigenvalue weighted by Crippen LogP contribution is 2.14. The van der Waals surface area contributed by atoms with Gasteiger partial charge in [0.2, 0.25) is 5.91 Å². The van der Waals surface area contributed by atoms with Crippen molar-refractivity contribution in [3.8, 4) is 11.8 Å². The molecule has 6 heteroatoms. The number of aryl methyl sites for hydroxylation is 1. The summed E-state index contributed by atoms with van der Waals surface area (Å²) >= 11 is 0. The van der Waals surface area contributed by atoms with E-state index in [2.05, 4.69) is 5.32 Å². The average molecular weight is 365 g/mol. The van der Waals surface area contributed by atoms with Gasteiger partial charge < -0.3 is 15.0 Å². The van der Waals surface area contributed by atoms with E-state index in [1.807, 2.05) is 44.2 Å². The lowest BCUT2D eigenvalue weighted by atomic mass is 10.2. The lowest BCUT2D eigenvalue weighted by Crippen LogP contribution is -2.41. The summed E-state index contributed by atoms with van der Waals surface area (Å²) in [7, 11) is 0. The number of rotatable bonds is 8.